The number of nitrogens with one attached hydrogen (secondary N) is 2. The van der Waals surface area contributed by atoms with Gasteiger partial charge in [0.15, 0.2) is 0 Å². The zero-order chi connectivity index (χ0) is 18.1. The molecule has 26 heavy (non-hydrogen) atoms. The Morgan fingerprint density at radius 2 is 2.15 bits per heavy atom. The van der Waals surface area contributed by atoms with Gasteiger partial charge in [0, 0.05) is 38.3 Å². The van der Waals surface area contributed by atoms with Crippen LogP contribution in [0.5, 0.6) is 5.75 Å². The van der Waals surface area contributed by atoms with Crippen molar-refractivity contribution in [3.05, 3.63) is 47.3 Å². The second-order valence-corrected chi connectivity index (χ2v) is 7.50. The summed E-state index contributed by atoms with van der Waals surface area (Å²) in [6, 6.07) is 6.37. The summed E-state index contributed by atoms with van der Waals surface area (Å²) >= 11 is 0. The number of aromatic nitrogens is 2. The van der Waals surface area contributed by atoms with E-state index in [0.717, 1.165) is 37.4 Å². The number of H-pyrrole nitrogens is 1. The molecule has 6 heteroatoms. The molecule has 1 saturated heterocycles. The first-order valence-corrected chi connectivity index (χ1v) is 9.27. The summed E-state index contributed by atoms with van der Waals surface area (Å²) in [6.45, 7) is 5.76. The molecule has 2 aromatic rings. The molecule has 1 aliphatic carbocycles. The summed E-state index contributed by atoms with van der Waals surface area (Å²) < 4.78 is 5.33. The van der Waals surface area contributed by atoms with Crippen LogP contribution in [0.4, 0.5) is 0 Å². The maximum Gasteiger partial charge on any atom is 0.223 e. The number of hydrogen-bond donors (Lipinski definition) is 2. The number of likely N-dealkylation sites (tertiary alicyclic amines) is 1. The average molecular weight is 354 g/mol. The van der Waals surface area contributed by atoms with Crippen molar-refractivity contribution in [3.8, 4) is 5.75 Å². The SMILES string of the molecule is COc1ccc(CN2C[C@@H]3C(C(=O)NCCc4cn[nH]c4)[C@@H]3C2)cc1C. The number of hydrogen-bond acceptors (Lipinski definition) is 4. The zero-order valence-corrected chi connectivity index (χ0v) is 15.4. The Balaban J connectivity index is 1.22. The molecule has 0 bridgehead atoms. The van der Waals surface area contributed by atoms with Gasteiger partial charge in [0.05, 0.1) is 13.3 Å². The molecule has 1 aliphatic heterocycles. The number of ether oxygens (including phenoxy) is 1. The third-order valence-corrected chi connectivity index (χ3v) is 5.71. The van der Waals surface area contributed by atoms with Gasteiger partial charge in [-0.2, -0.15) is 5.10 Å². The number of piperidine rings is 1. The zero-order valence-electron chi connectivity index (χ0n) is 15.4. The van der Waals surface area contributed by atoms with Crippen LogP contribution in [0.25, 0.3) is 0 Å². The van der Waals surface area contributed by atoms with Crippen LogP contribution in [0, 0.1) is 24.7 Å². The molecule has 1 aromatic carbocycles. The van der Waals surface area contributed by atoms with Gasteiger partial charge in [-0.15, -0.1) is 0 Å². The number of methoxy groups -OCH3 is 1. The Labute approximate surface area is 153 Å². The first-order valence-electron chi connectivity index (χ1n) is 9.27. The molecule has 0 radical (unpaired) electrons. The van der Waals surface area contributed by atoms with E-state index in [2.05, 4.69) is 39.5 Å². The van der Waals surface area contributed by atoms with Gasteiger partial charge in [-0.25, -0.2) is 0 Å². The van der Waals surface area contributed by atoms with Gasteiger partial charge >= 0.3 is 0 Å². The van der Waals surface area contributed by atoms with E-state index in [1.165, 1.54) is 11.1 Å². The molecule has 3 atom stereocenters. The van der Waals surface area contributed by atoms with Crippen molar-refractivity contribution in [2.45, 2.75) is 19.9 Å². The molecule has 2 N–H and O–H groups in total. The number of aromatic amines is 1. The van der Waals surface area contributed by atoms with Crippen LogP contribution in [-0.2, 0) is 17.8 Å². The minimum atomic E-state index is 0.216. The topological polar surface area (TPSA) is 70.2 Å². The number of fused-ring (bicyclic) bond motifs is 1. The van der Waals surface area contributed by atoms with E-state index in [0.29, 0.717) is 18.4 Å². The van der Waals surface area contributed by atoms with Crippen LogP contribution in [0.3, 0.4) is 0 Å². The summed E-state index contributed by atoms with van der Waals surface area (Å²) in [6.07, 6.45) is 4.50. The minimum absolute atomic E-state index is 0.216. The van der Waals surface area contributed by atoms with Crippen molar-refractivity contribution < 1.29 is 9.53 Å². The van der Waals surface area contributed by atoms with E-state index in [1.807, 2.05) is 12.3 Å². The smallest absolute Gasteiger partial charge is 0.223 e. The van der Waals surface area contributed by atoms with Gasteiger partial charge in [-0.05, 0) is 47.9 Å². The van der Waals surface area contributed by atoms with E-state index in [1.54, 1.807) is 13.3 Å². The number of carbonyl (C=O) groups excluding carboxylic acids is 1. The summed E-state index contributed by atoms with van der Waals surface area (Å²) in [4.78, 5) is 14.8. The van der Waals surface area contributed by atoms with Crippen molar-refractivity contribution in [3.63, 3.8) is 0 Å². The number of amides is 1. The van der Waals surface area contributed by atoms with Crippen LogP contribution >= 0.6 is 0 Å². The van der Waals surface area contributed by atoms with E-state index < -0.39 is 0 Å². The van der Waals surface area contributed by atoms with Crippen molar-refractivity contribution in [2.24, 2.45) is 17.8 Å². The number of carbonyl (C=O) groups is 1. The quantitative estimate of drug-likeness (QED) is 0.795. The molecule has 2 fully saturated rings. The van der Waals surface area contributed by atoms with Crippen LogP contribution in [-0.4, -0.2) is 47.7 Å². The second-order valence-electron chi connectivity index (χ2n) is 7.50. The number of benzene rings is 1. The number of rotatable bonds is 7. The van der Waals surface area contributed by atoms with Crippen molar-refractivity contribution in [1.82, 2.24) is 20.4 Å². The Morgan fingerprint density at radius 3 is 2.81 bits per heavy atom. The van der Waals surface area contributed by atoms with Gasteiger partial charge < -0.3 is 10.1 Å². The standard InChI is InChI=1S/C20H26N4O2/c1-13-7-14(3-4-18(13)26-2)10-24-11-16-17(12-24)19(16)20(25)21-6-5-15-8-22-23-9-15/h3-4,7-9,16-17,19H,5-6,10-12H2,1-2H3,(H,21,25)(H,22,23)/t16-,17+,19?. The van der Waals surface area contributed by atoms with Crippen LogP contribution in [0.15, 0.2) is 30.6 Å². The first-order chi connectivity index (χ1) is 12.7. The fourth-order valence-corrected chi connectivity index (χ4v) is 4.29. The maximum absolute atomic E-state index is 12.4. The molecule has 0 spiro atoms. The summed E-state index contributed by atoms with van der Waals surface area (Å²) in [5.41, 5.74) is 3.61. The highest BCUT2D eigenvalue weighted by atomic mass is 16.5. The Bertz CT molecular complexity index is 762. The lowest BCUT2D eigenvalue weighted by molar-refractivity contribution is -0.123. The molecule has 138 valence electrons. The van der Waals surface area contributed by atoms with Gasteiger partial charge in [0.2, 0.25) is 5.91 Å². The lowest BCUT2D eigenvalue weighted by Gasteiger charge is -2.20. The van der Waals surface area contributed by atoms with Gasteiger partial charge in [0.1, 0.15) is 5.75 Å². The summed E-state index contributed by atoms with van der Waals surface area (Å²) in [7, 11) is 1.70. The third kappa shape index (κ3) is 3.46. The normalized spacial score (nSPS) is 24.3. The molecule has 1 saturated carbocycles. The molecule has 1 amide bonds. The van der Waals surface area contributed by atoms with Crippen molar-refractivity contribution in [2.75, 3.05) is 26.7 Å². The predicted molar refractivity (Wildman–Crippen MR) is 98.8 cm³/mol. The summed E-state index contributed by atoms with van der Waals surface area (Å²) in [5, 5.41) is 9.80. The van der Waals surface area contributed by atoms with Gasteiger partial charge in [-0.1, -0.05) is 12.1 Å². The molecular weight excluding hydrogens is 328 g/mol. The monoisotopic (exact) mass is 354 g/mol. The van der Waals surface area contributed by atoms with Crippen LogP contribution in [0.1, 0.15) is 16.7 Å². The molecule has 6 nitrogen and oxygen atoms in total. The van der Waals surface area contributed by atoms with Crippen molar-refractivity contribution in [1.29, 1.82) is 0 Å². The largest absolute Gasteiger partial charge is 0.496 e. The highest BCUT2D eigenvalue weighted by Gasteiger charge is 2.58. The summed E-state index contributed by atoms with van der Waals surface area (Å²) in [5.74, 6) is 2.44. The Morgan fingerprint density at radius 1 is 1.35 bits per heavy atom. The van der Waals surface area contributed by atoms with Gasteiger partial charge in [0.25, 0.3) is 0 Å². The lowest BCUT2D eigenvalue weighted by Crippen LogP contribution is -2.32. The molecular formula is C20H26N4O2. The first kappa shape index (κ1) is 17.1. The molecule has 2 heterocycles. The third-order valence-electron chi connectivity index (χ3n) is 5.71. The van der Waals surface area contributed by atoms with E-state index in [9.17, 15) is 4.79 Å². The lowest BCUT2D eigenvalue weighted by atomic mass is 10.1. The minimum Gasteiger partial charge on any atom is -0.496 e. The molecule has 1 aromatic heterocycles. The average Bonchev–Trinajstić information content (AvgIpc) is 2.99. The molecule has 4 rings (SSSR count). The fraction of sp³-hybridized carbons (Fsp3) is 0.500. The number of nitrogens with zero attached hydrogens (tertiary/aromatic N) is 2. The Hall–Kier alpha value is -2.34. The fourth-order valence-electron chi connectivity index (χ4n) is 4.29. The van der Waals surface area contributed by atoms with Crippen LogP contribution in [0.2, 0.25) is 0 Å². The predicted octanol–water partition coefficient (Wildman–Crippen LogP) is 1.76. The van der Waals surface area contributed by atoms with E-state index >= 15 is 0 Å². The number of aryl methyl sites for hydroxylation is 1. The van der Waals surface area contributed by atoms with E-state index in [-0.39, 0.29) is 11.8 Å². The van der Waals surface area contributed by atoms with Crippen LogP contribution < -0.4 is 10.1 Å². The molecule has 1 unspecified atom stereocenters. The van der Waals surface area contributed by atoms with Gasteiger partial charge in [-0.3, -0.25) is 14.8 Å². The maximum atomic E-state index is 12.4. The molecule has 2 aliphatic rings. The Kier molecular flexibility index (Phi) is 4.68. The van der Waals surface area contributed by atoms with Crippen molar-refractivity contribution >= 4 is 5.91 Å². The van der Waals surface area contributed by atoms with E-state index in [4.69, 9.17) is 4.74 Å². The second kappa shape index (κ2) is 7.11. The highest BCUT2D eigenvalue weighted by Crippen LogP contribution is 2.52. The highest BCUT2D eigenvalue weighted by molar-refractivity contribution is 5.82.